The molecule has 10 heavy (non-hydrogen) atoms. The number of nitrogens with one attached hydrogen (secondary N) is 1. The largest absolute Gasteiger partial charge is 0.349 e. The fourth-order valence-electron chi connectivity index (χ4n) is 0.460. The minimum Gasteiger partial charge on any atom is -0.349 e. The number of hydrogen-bond donors (Lipinski definition) is 1. The van der Waals surface area contributed by atoms with E-state index in [0.29, 0.717) is 3.57 Å². The first-order valence-corrected chi connectivity index (χ1v) is 3.81. The fraction of sp³-hybridized carbons (Fsp3) is 0. The summed E-state index contributed by atoms with van der Waals surface area (Å²) in [6.45, 7) is 0. The molecule has 0 saturated carbocycles. The Labute approximate surface area is 74.5 Å². The molecule has 0 aromatic carbocycles. The molecule has 1 heterocycles. The highest BCUT2D eigenvalue weighted by atomic mass is 127. The second-order valence-corrected chi connectivity index (χ2v) is 3.13. The van der Waals surface area contributed by atoms with Gasteiger partial charge in [-0.2, -0.15) is 4.39 Å². The molecule has 0 aliphatic carbocycles. The van der Waals surface area contributed by atoms with Crippen LogP contribution < -0.4 is 5.43 Å². The van der Waals surface area contributed by atoms with Crippen molar-refractivity contribution in [3.63, 3.8) is 0 Å². The van der Waals surface area contributed by atoms with Gasteiger partial charge in [-0.1, -0.05) is 11.6 Å². The van der Waals surface area contributed by atoms with Gasteiger partial charge in [0, 0.05) is 6.20 Å². The Morgan fingerprint density at radius 2 is 2.30 bits per heavy atom. The molecule has 0 unspecified atom stereocenters. The molecule has 0 aliphatic rings. The highest BCUT2D eigenvalue weighted by Gasteiger charge is 2.06. The maximum absolute atomic E-state index is 12.5. The van der Waals surface area contributed by atoms with Gasteiger partial charge in [0.05, 0.1) is 3.57 Å². The summed E-state index contributed by atoms with van der Waals surface area (Å²) >= 11 is 6.98. The van der Waals surface area contributed by atoms with E-state index in [1.807, 2.05) is 0 Å². The number of hydrogen-bond acceptors (Lipinski definition) is 1. The quantitative estimate of drug-likeness (QED) is 0.567. The van der Waals surface area contributed by atoms with E-state index >= 15 is 0 Å². The molecule has 0 aliphatic heterocycles. The van der Waals surface area contributed by atoms with Crippen molar-refractivity contribution in [2.24, 2.45) is 0 Å². The Morgan fingerprint density at radius 3 is 2.80 bits per heavy atom. The molecule has 0 saturated heterocycles. The molecular weight excluding hydrogens is 271 g/mol. The van der Waals surface area contributed by atoms with Gasteiger partial charge >= 0.3 is 0 Å². The van der Waals surface area contributed by atoms with Crippen LogP contribution in [0.5, 0.6) is 0 Å². The number of halogens is 3. The lowest BCUT2D eigenvalue weighted by atomic mass is 10.5. The first-order valence-electron chi connectivity index (χ1n) is 2.35. The molecule has 54 valence electrons. The van der Waals surface area contributed by atoms with Crippen molar-refractivity contribution in [3.8, 4) is 0 Å². The van der Waals surface area contributed by atoms with E-state index in [0.717, 1.165) is 0 Å². The van der Waals surface area contributed by atoms with E-state index in [4.69, 9.17) is 11.6 Å². The predicted molar refractivity (Wildman–Crippen MR) is 44.7 cm³/mol. The van der Waals surface area contributed by atoms with Crippen LogP contribution in [0, 0.1) is 9.39 Å². The lowest BCUT2D eigenvalue weighted by Gasteiger charge is -1.92. The fourth-order valence-corrected chi connectivity index (χ4v) is 0.993. The Hall–Kier alpha value is -0.100. The highest BCUT2D eigenvalue weighted by molar-refractivity contribution is 14.1. The zero-order valence-electron chi connectivity index (χ0n) is 4.62. The lowest BCUT2D eigenvalue weighted by molar-refractivity contribution is 0.610. The molecule has 1 rings (SSSR count). The highest BCUT2D eigenvalue weighted by Crippen LogP contribution is 2.07. The molecule has 0 bridgehead atoms. The minimum absolute atomic E-state index is 0.245. The second-order valence-electron chi connectivity index (χ2n) is 1.59. The van der Waals surface area contributed by atoms with Crippen LogP contribution in [-0.4, -0.2) is 4.98 Å². The molecule has 0 radical (unpaired) electrons. The number of pyridine rings is 1. The van der Waals surface area contributed by atoms with E-state index in [9.17, 15) is 9.18 Å². The van der Waals surface area contributed by atoms with Crippen LogP contribution in [0.15, 0.2) is 11.0 Å². The number of H-pyrrole nitrogens is 1. The second kappa shape index (κ2) is 2.87. The minimum atomic E-state index is -0.923. The van der Waals surface area contributed by atoms with E-state index < -0.39 is 11.2 Å². The van der Waals surface area contributed by atoms with Gasteiger partial charge in [0.15, 0.2) is 0 Å². The molecule has 1 aromatic heterocycles. The summed E-state index contributed by atoms with van der Waals surface area (Å²) in [5.41, 5.74) is -0.663. The first-order chi connectivity index (χ1) is 4.63. The lowest BCUT2D eigenvalue weighted by Crippen LogP contribution is -2.10. The maximum atomic E-state index is 12.5. The van der Waals surface area contributed by atoms with Crippen molar-refractivity contribution < 1.29 is 4.39 Å². The number of aromatic amines is 1. The Bertz CT molecular complexity index is 311. The van der Waals surface area contributed by atoms with Gasteiger partial charge in [0.1, 0.15) is 5.15 Å². The van der Waals surface area contributed by atoms with E-state index in [2.05, 4.69) is 4.98 Å². The van der Waals surface area contributed by atoms with Gasteiger partial charge < -0.3 is 4.98 Å². The summed E-state index contributed by atoms with van der Waals surface area (Å²) in [5.74, 6) is -0.923. The zero-order valence-corrected chi connectivity index (χ0v) is 7.53. The third-order valence-corrected chi connectivity index (χ3v) is 2.01. The summed E-state index contributed by atoms with van der Waals surface area (Å²) in [5, 5.41) is -0.245. The monoisotopic (exact) mass is 273 g/mol. The van der Waals surface area contributed by atoms with Crippen LogP contribution in [0.4, 0.5) is 4.39 Å². The van der Waals surface area contributed by atoms with Crippen LogP contribution in [0.3, 0.4) is 0 Å². The van der Waals surface area contributed by atoms with E-state index in [-0.39, 0.29) is 5.15 Å². The topological polar surface area (TPSA) is 32.9 Å². The van der Waals surface area contributed by atoms with Gasteiger partial charge in [-0.15, -0.1) is 0 Å². The average Bonchev–Trinajstić information content (AvgIpc) is 1.93. The van der Waals surface area contributed by atoms with Gasteiger partial charge in [-0.25, -0.2) is 0 Å². The zero-order chi connectivity index (χ0) is 7.72. The number of aromatic nitrogens is 1. The Kier molecular flexibility index (Phi) is 2.30. The molecule has 0 atom stereocenters. The normalized spacial score (nSPS) is 9.90. The van der Waals surface area contributed by atoms with Crippen molar-refractivity contribution in [1.82, 2.24) is 4.98 Å². The van der Waals surface area contributed by atoms with Crippen LogP contribution >= 0.6 is 34.2 Å². The van der Waals surface area contributed by atoms with Crippen LogP contribution in [-0.2, 0) is 0 Å². The van der Waals surface area contributed by atoms with Gasteiger partial charge in [0.25, 0.3) is 0 Å². The molecule has 2 nitrogen and oxygen atoms in total. The molecule has 1 aromatic rings. The third-order valence-electron chi connectivity index (χ3n) is 0.935. The molecule has 5 heteroatoms. The standard InChI is InChI=1S/C5H2ClFINO/c6-5-3(7)4(10)2(8)1-9-5/h1H,(H,9,10). The molecule has 0 amide bonds. The smallest absolute Gasteiger partial charge is 0.232 e. The van der Waals surface area contributed by atoms with Crippen LogP contribution in [0.2, 0.25) is 5.15 Å². The van der Waals surface area contributed by atoms with Crippen molar-refractivity contribution in [1.29, 1.82) is 0 Å². The summed E-state index contributed by atoms with van der Waals surface area (Å²) in [6, 6.07) is 0. The molecule has 1 N–H and O–H groups in total. The molecular formula is C5H2ClFINO. The predicted octanol–water partition coefficient (Wildman–Crippen LogP) is 1.77. The summed E-state index contributed by atoms with van der Waals surface area (Å²) in [6.07, 6.45) is 1.36. The van der Waals surface area contributed by atoms with Crippen molar-refractivity contribution >= 4 is 34.2 Å². The molecule has 0 fully saturated rings. The summed E-state index contributed by atoms with van der Waals surface area (Å²) in [7, 11) is 0. The number of rotatable bonds is 0. The third kappa shape index (κ3) is 1.32. The first kappa shape index (κ1) is 8.00. The Balaban J connectivity index is 3.50. The van der Waals surface area contributed by atoms with E-state index in [1.165, 1.54) is 6.20 Å². The van der Waals surface area contributed by atoms with Crippen LogP contribution in [0.25, 0.3) is 0 Å². The van der Waals surface area contributed by atoms with Gasteiger partial charge in [-0.05, 0) is 22.6 Å². The Morgan fingerprint density at radius 1 is 1.70 bits per heavy atom. The van der Waals surface area contributed by atoms with Crippen LogP contribution in [0.1, 0.15) is 0 Å². The van der Waals surface area contributed by atoms with Crippen molar-refractivity contribution in [3.05, 3.63) is 31.0 Å². The summed E-state index contributed by atoms with van der Waals surface area (Å²) in [4.78, 5) is 13.1. The average molecular weight is 273 g/mol. The molecule has 0 spiro atoms. The van der Waals surface area contributed by atoms with Crippen molar-refractivity contribution in [2.75, 3.05) is 0 Å². The van der Waals surface area contributed by atoms with Gasteiger partial charge in [-0.3, -0.25) is 4.79 Å². The summed E-state index contributed by atoms with van der Waals surface area (Å²) < 4.78 is 12.8. The maximum Gasteiger partial charge on any atom is 0.232 e. The van der Waals surface area contributed by atoms with E-state index in [1.54, 1.807) is 22.6 Å². The SMILES string of the molecule is O=c1c(I)c[nH]c(Cl)c1F. The van der Waals surface area contributed by atoms with Gasteiger partial charge in [0.2, 0.25) is 11.2 Å². The van der Waals surface area contributed by atoms with Crippen molar-refractivity contribution in [2.45, 2.75) is 0 Å².